The third-order valence-electron chi connectivity index (χ3n) is 4.75. The minimum Gasteiger partial charge on any atom is -0.443 e. The van der Waals surface area contributed by atoms with Crippen molar-refractivity contribution in [2.45, 2.75) is 38.8 Å². The topological polar surface area (TPSA) is 43.3 Å². The van der Waals surface area contributed by atoms with Crippen molar-refractivity contribution < 1.29 is 9.53 Å². The van der Waals surface area contributed by atoms with E-state index in [0.29, 0.717) is 0 Å². The van der Waals surface area contributed by atoms with Gasteiger partial charge in [-0.2, -0.15) is 0 Å². The number of ether oxygens (including phenoxy) is 1. The van der Waals surface area contributed by atoms with Crippen molar-refractivity contribution in [2.24, 2.45) is 0 Å². The van der Waals surface area contributed by atoms with E-state index in [-0.39, 0.29) is 12.1 Å². The SMILES string of the molecule is CC(C)(C)OC(=O)n1cc([C@H]2NCCc3ccccc32)c2ccccc21. The van der Waals surface area contributed by atoms with Crippen LogP contribution < -0.4 is 5.32 Å². The summed E-state index contributed by atoms with van der Waals surface area (Å²) in [7, 11) is 0. The van der Waals surface area contributed by atoms with Gasteiger partial charge in [-0.3, -0.25) is 4.57 Å². The molecule has 4 nitrogen and oxygen atoms in total. The highest BCUT2D eigenvalue weighted by molar-refractivity contribution is 5.92. The second kappa shape index (κ2) is 6.29. The minimum atomic E-state index is -0.529. The summed E-state index contributed by atoms with van der Waals surface area (Å²) < 4.78 is 7.24. The van der Waals surface area contributed by atoms with Gasteiger partial charge in [-0.1, -0.05) is 42.5 Å². The average molecular weight is 348 g/mol. The maximum atomic E-state index is 12.7. The number of fused-ring (bicyclic) bond motifs is 2. The highest BCUT2D eigenvalue weighted by Gasteiger charge is 2.26. The molecule has 0 fully saturated rings. The van der Waals surface area contributed by atoms with Crippen molar-refractivity contribution in [1.29, 1.82) is 0 Å². The van der Waals surface area contributed by atoms with Crippen molar-refractivity contribution in [3.63, 3.8) is 0 Å². The molecular weight excluding hydrogens is 324 g/mol. The number of hydrogen-bond acceptors (Lipinski definition) is 3. The van der Waals surface area contributed by atoms with Gasteiger partial charge in [0, 0.05) is 18.1 Å². The number of aromatic nitrogens is 1. The Morgan fingerprint density at radius 3 is 2.62 bits per heavy atom. The molecule has 0 unspecified atom stereocenters. The maximum Gasteiger partial charge on any atom is 0.419 e. The molecule has 4 rings (SSSR count). The molecule has 1 N–H and O–H groups in total. The van der Waals surface area contributed by atoms with Crippen LogP contribution in [0.4, 0.5) is 4.79 Å². The van der Waals surface area contributed by atoms with Crippen molar-refractivity contribution in [2.75, 3.05) is 6.54 Å². The van der Waals surface area contributed by atoms with Crippen LogP contribution in [0.15, 0.2) is 54.7 Å². The first-order chi connectivity index (χ1) is 12.4. The largest absolute Gasteiger partial charge is 0.443 e. The van der Waals surface area contributed by atoms with Crippen molar-refractivity contribution in [1.82, 2.24) is 9.88 Å². The summed E-state index contributed by atoms with van der Waals surface area (Å²) in [6.07, 6.45) is 2.61. The molecule has 1 aliphatic heterocycles. The predicted molar refractivity (Wildman–Crippen MR) is 104 cm³/mol. The molecule has 2 aromatic carbocycles. The van der Waals surface area contributed by atoms with Crippen LogP contribution in [-0.4, -0.2) is 22.8 Å². The monoisotopic (exact) mass is 348 g/mol. The highest BCUT2D eigenvalue weighted by Crippen LogP contribution is 2.34. The molecule has 26 heavy (non-hydrogen) atoms. The van der Waals surface area contributed by atoms with Gasteiger partial charge in [0.1, 0.15) is 5.60 Å². The minimum absolute atomic E-state index is 0.0773. The molecule has 1 atom stereocenters. The fraction of sp³-hybridized carbons (Fsp3) is 0.318. The van der Waals surface area contributed by atoms with Gasteiger partial charge in [-0.25, -0.2) is 4.79 Å². The van der Waals surface area contributed by atoms with Gasteiger partial charge in [0.05, 0.1) is 11.6 Å². The molecule has 3 aromatic rings. The lowest BCUT2D eigenvalue weighted by atomic mass is 9.90. The van der Waals surface area contributed by atoms with E-state index in [9.17, 15) is 4.79 Å². The van der Waals surface area contributed by atoms with Crippen LogP contribution in [0.5, 0.6) is 0 Å². The number of rotatable bonds is 1. The fourth-order valence-corrected chi connectivity index (χ4v) is 3.68. The molecule has 4 heteroatoms. The van der Waals surface area contributed by atoms with Crippen molar-refractivity contribution in [3.05, 3.63) is 71.4 Å². The first-order valence-electron chi connectivity index (χ1n) is 9.08. The number of nitrogens with zero attached hydrogens (tertiary/aromatic N) is 1. The Balaban J connectivity index is 1.84. The third kappa shape index (κ3) is 3.01. The Bertz CT molecular complexity index is 966. The summed E-state index contributed by atoms with van der Waals surface area (Å²) in [5.41, 5.74) is 4.11. The molecule has 1 aromatic heterocycles. The van der Waals surface area contributed by atoms with E-state index in [0.717, 1.165) is 29.4 Å². The van der Waals surface area contributed by atoms with Crippen LogP contribution in [-0.2, 0) is 11.2 Å². The number of carbonyl (C=O) groups excluding carboxylic acids is 1. The number of benzene rings is 2. The van der Waals surface area contributed by atoms with E-state index in [4.69, 9.17) is 4.74 Å². The number of carbonyl (C=O) groups is 1. The number of hydrogen-bond donors (Lipinski definition) is 1. The second-order valence-corrected chi connectivity index (χ2v) is 7.79. The summed E-state index contributed by atoms with van der Waals surface area (Å²) in [6, 6.07) is 16.6. The Kier molecular flexibility index (Phi) is 4.08. The lowest BCUT2D eigenvalue weighted by Crippen LogP contribution is -2.30. The number of nitrogens with one attached hydrogen (secondary N) is 1. The lowest BCUT2D eigenvalue weighted by molar-refractivity contribution is 0.0544. The quantitative estimate of drug-likeness (QED) is 0.695. The van der Waals surface area contributed by atoms with Crippen LogP contribution in [0.2, 0.25) is 0 Å². The standard InChI is InChI=1S/C22H24N2O2/c1-22(2,3)26-21(25)24-14-18(17-10-6-7-11-19(17)24)20-16-9-5-4-8-15(16)12-13-23-20/h4-11,14,20,23H,12-13H2,1-3H3/t20-/m0/s1. The Hall–Kier alpha value is -2.59. The van der Waals surface area contributed by atoms with Gasteiger partial charge in [-0.15, -0.1) is 0 Å². The summed E-state index contributed by atoms with van der Waals surface area (Å²) in [4.78, 5) is 12.7. The summed E-state index contributed by atoms with van der Waals surface area (Å²) in [5, 5.41) is 4.70. The summed E-state index contributed by atoms with van der Waals surface area (Å²) in [5.74, 6) is 0. The van der Waals surface area contributed by atoms with Crippen LogP contribution in [0.25, 0.3) is 10.9 Å². The van der Waals surface area contributed by atoms with Crippen LogP contribution in [0.1, 0.15) is 43.5 Å². The first kappa shape index (κ1) is 16.9. The van der Waals surface area contributed by atoms with Crippen LogP contribution in [0, 0.1) is 0 Å². The zero-order valence-corrected chi connectivity index (χ0v) is 15.5. The zero-order valence-electron chi connectivity index (χ0n) is 15.5. The Morgan fingerprint density at radius 1 is 1.08 bits per heavy atom. The summed E-state index contributed by atoms with van der Waals surface area (Å²) in [6.45, 7) is 6.58. The van der Waals surface area contributed by atoms with E-state index in [1.54, 1.807) is 4.57 Å². The first-order valence-corrected chi connectivity index (χ1v) is 9.08. The Morgan fingerprint density at radius 2 is 1.81 bits per heavy atom. The summed E-state index contributed by atoms with van der Waals surface area (Å²) >= 11 is 0. The lowest BCUT2D eigenvalue weighted by Gasteiger charge is -2.26. The van der Waals surface area contributed by atoms with Gasteiger partial charge >= 0.3 is 6.09 Å². The van der Waals surface area contributed by atoms with Gasteiger partial charge in [0.25, 0.3) is 0 Å². The molecule has 0 spiro atoms. The third-order valence-corrected chi connectivity index (χ3v) is 4.75. The van der Waals surface area contributed by atoms with E-state index >= 15 is 0 Å². The smallest absolute Gasteiger partial charge is 0.419 e. The molecule has 0 amide bonds. The molecule has 0 saturated carbocycles. The van der Waals surface area contributed by atoms with Crippen molar-refractivity contribution in [3.8, 4) is 0 Å². The molecule has 2 heterocycles. The zero-order chi connectivity index (χ0) is 18.3. The van der Waals surface area contributed by atoms with Gasteiger partial charge in [0.2, 0.25) is 0 Å². The maximum absolute atomic E-state index is 12.7. The van der Waals surface area contributed by atoms with Gasteiger partial charge < -0.3 is 10.1 Å². The fourth-order valence-electron chi connectivity index (χ4n) is 3.68. The molecule has 0 bridgehead atoms. The Labute approximate surface area is 153 Å². The molecule has 134 valence electrons. The highest BCUT2D eigenvalue weighted by atomic mass is 16.6. The van der Waals surface area contributed by atoms with Gasteiger partial charge in [0.15, 0.2) is 0 Å². The molecule has 0 aliphatic carbocycles. The normalized spacial score (nSPS) is 17.1. The average Bonchev–Trinajstić information content (AvgIpc) is 2.99. The molecule has 0 saturated heterocycles. The predicted octanol–water partition coefficient (Wildman–Crippen LogP) is 4.66. The van der Waals surface area contributed by atoms with Crippen LogP contribution >= 0.6 is 0 Å². The molecule has 1 aliphatic rings. The van der Waals surface area contributed by atoms with Gasteiger partial charge in [-0.05, 0) is 49.9 Å². The number of para-hydroxylation sites is 1. The van der Waals surface area contributed by atoms with Crippen LogP contribution in [0.3, 0.4) is 0 Å². The second-order valence-electron chi connectivity index (χ2n) is 7.79. The van der Waals surface area contributed by atoms with E-state index < -0.39 is 5.60 Å². The van der Waals surface area contributed by atoms with E-state index in [1.165, 1.54) is 11.1 Å². The van der Waals surface area contributed by atoms with E-state index in [1.807, 2.05) is 45.2 Å². The molecule has 0 radical (unpaired) electrons. The van der Waals surface area contributed by atoms with Crippen molar-refractivity contribution >= 4 is 17.0 Å². The molecular formula is C22H24N2O2. The van der Waals surface area contributed by atoms with E-state index in [2.05, 4.69) is 35.6 Å².